The van der Waals surface area contributed by atoms with Gasteiger partial charge in [0.25, 0.3) is 5.91 Å². The Kier molecular flexibility index (Phi) is 5.94. The Bertz CT molecular complexity index is 900. The number of anilines is 1. The molecule has 0 spiro atoms. The molecule has 2 aromatic rings. The highest BCUT2D eigenvalue weighted by Gasteiger charge is 2.34. The van der Waals surface area contributed by atoms with Crippen LogP contribution in [0, 0.1) is 24.0 Å². The van der Waals surface area contributed by atoms with Crippen molar-refractivity contribution in [2.45, 2.75) is 20.0 Å². The fourth-order valence-electron chi connectivity index (χ4n) is 2.44. The van der Waals surface area contributed by atoms with Crippen LogP contribution in [-0.2, 0) is 11.0 Å². The summed E-state index contributed by atoms with van der Waals surface area (Å²) in [6.45, 7) is 2.52. The van der Waals surface area contributed by atoms with Crippen LogP contribution in [0.3, 0.4) is 0 Å². The number of halogens is 4. The minimum absolute atomic E-state index is 0.118. The maximum absolute atomic E-state index is 13.0. The number of nitrogens with one attached hydrogen (secondary N) is 1. The lowest BCUT2D eigenvalue weighted by molar-refractivity contribution is -0.385. The van der Waals surface area contributed by atoms with Gasteiger partial charge in [0, 0.05) is 11.1 Å². The van der Waals surface area contributed by atoms with Crippen molar-refractivity contribution in [1.29, 1.82) is 0 Å². The van der Waals surface area contributed by atoms with Gasteiger partial charge in [-0.1, -0.05) is 17.7 Å². The van der Waals surface area contributed by atoms with Crippen LogP contribution in [-0.4, -0.2) is 17.4 Å². The highest BCUT2D eigenvalue weighted by molar-refractivity contribution is 6.30. The molecule has 0 aliphatic carbocycles. The van der Waals surface area contributed by atoms with Gasteiger partial charge in [0.05, 0.1) is 16.2 Å². The summed E-state index contributed by atoms with van der Waals surface area (Å²) in [6.07, 6.45) is -4.72. The first-order valence-electron chi connectivity index (χ1n) is 7.54. The summed E-state index contributed by atoms with van der Waals surface area (Å²) in [6, 6.07) is 5.81. The molecule has 0 saturated heterocycles. The van der Waals surface area contributed by atoms with E-state index in [4.69, 9.17) is 16.3 Å². The number of nitro groups is 1. The van der Waals surface area contributed by atoms with Gasteiger partial charge in [0.15, 0.2) is 6.61 Å². The third kappa shape index (κ3) is 5.10. The molecule has 0 aliphatic heterocycles. The lowest BCUT2D eigenvalue weighted by atomic mass is 10.1. The maximum Gasteiger partial charge on any atom is 0.418 e. The predicted octanol–water partition coefficient (Wildman–Crippen LogP) is 4.90. The van der Waals surface area contributed by atoms with Crippen molar-refractivity contribution in [3.8, 4) is 5.75 Å². The molecule has 10 heteroatoms. The van der Waals surface area contributed by atoms with Crippen molar-refractivity contribution in [2.24, 2.45) is 0 Å². The van der Waals surface area contributed by atoms with Gasteiger partial charge in [-0.05, 0) is 43.2 Å². The fourth-order valence-corrected chi connectivity index (χ4v) is 2.61. The van der Waals surface area contributed by atoms with Crippen LogP contribution in [0.15, 0.2) is 30.3 Å². The number of carbonyl (C=O) groups excluding carboxylic acids is 1. The molecule has 0 heterocycles. The summed E-state index contributed by atoms with van der Waals surface area (Å²) in [7, 11) is 0. The second kappa shape index (κ2) is 7.83. The van der Waals surface area contributed by atoms with Crippen LogP contribution in [0.1, 0.15) is 16.7 Å². The first-order valence-corrected chi connectivity index (χ1v) is 7.92. The molecule has 0 radical (unpaired) electrons. The molecular weight excluding hydrogens is 389 g/mol. The Balaban J connectivity index is 2.19. The summed E-state index contributed by atoms with van der Waals surface area (Å²) in [5.74, 6) is -1.02. The van der Waals surface area contributed by atoms with E-state index in [1.54, 1.807) is 19.9 Å². The molecule has 6 nitrogen and oxygen atoms in total. The number of benzene rings is 2. The first kappa shape index (κ1) is 20.5. The van der Waals surface area contributed by atoms with Gasteiger partial charge in [0.2, 0.25) is 5.75 Å². The van der Waals surface area contributed by atoms with Crippen molar-refractivity contribution < 1.29 is 27.6 Å². The number of nitro benzene ring substituents is 1. The van der Waals surface area contributed by atoms with Crippen molar-refractivity contribution in [3.05, 3.63) is 62.2 Å². The minimum Gasteiger partial charge on any atom is -0.477 e. The summed E-state index contributed by atoms with van der Waals surface area (Å²) >= 11 is 5.58. The largest absolute Gasteiger partial charge is 0.477 e. The lowest BCUT2D eigenvalue weighted by Crippen LogP contribution is -2.22. The smallest absolute Gasteiger partial charge is 0.418 e. The third-order valence-corrected chi connectivity index (χ3v) is 3.74. The average Bonchev–Trinajstić information content (AvgIpc) is 2.54. The quantitative estimate of drug-likeness (QED) is 0.569. The Morgan fingerprint density at radius 1 is 1.26 bits per heavy atom. The SMILES string of the molecule is Cc1cc(C)c(OCC(=O)Nc2ccc(Cl)cc2C(F)(F)F)c([N+](=O)[O-])c1. The van der Waals surface area contributed by atoms with Gasteiger partial charge < -0.3 is 10.1 Å². The number of hydrogen-bond donors (Lipinski definition) is 1. The Labute approximate surface area is 157 Å². The zero-order chi connectivity index (χ0) is 20.4. The first-order chi connectivity index (χ1) is 12.5. The second-order valence-corrected chi connectivity index (χ2v) is 6.15. The van der Waals surface area contributed by atoms with E-state index in [2.05, 4.69) is 5.32 Å². The van der Waals surface area contributed by atoms with Gasteiger partial charge in [-0.25, -0.2) is 0 Å². The van der Waals surface area contributed by atoms with Crippen LogP contribution in [0.5, 0.6) is 5.75 Å². The van der Waals surface area contributed by atoms with E-state index < -0.39 is 34.9 Å². The van der Waals surface area contributed by atoms with Gasteiger partial charge in [-0.3, -0.25) is 14.9 Å². The molecule has 2 aromatic carbocycles. The molecule has 0 aliphatic rings. The summed E-state index contributed by atoms with van der Waals surface area (Å²) in [5, 5.41) is 13.1. The fraction of sp³-hybridized carbons (Fsp3) is 0.235. The van der Waals surface area contributed by atoms with E-state index in [-0.39, 0.29) is 16.5 Å². The molecule has 27 heavy (non-hydrogen) atoms. The number of ether oxygens (including phenoxy) is 1. The second-order valence-electron chi connectivity index (χ2n) is 5.71. The van der Waals surface area contributed by atoms with E-state index in [1.807, 2.05) is 0 Å². The Morgan fingerprint density at radius 2 is 1.93 bits per heavy atom. The van der Waals surface area contributed by atoms with Crippen molar-refractivity contribution >= 4 is 28.9 Å². The summed E-state index contributed by atoms with van der Waals surface area (Å²) < 4.78 is 44.3. The summed E-state index contributed by atoms with van der Waals surface area (Å²) in [4.78, 5) is 22.5. The standard InChI is InChI=1S/C17H14ClF3N2O4/c1-9-5-10(2)16(14(6-9)23(25)26)27-8-15(24)22-13-4-3-11(18)7-12(13)17(19,20)21/h3-7H,8H2,1-2H3,(H,22,24). The van der Waals surface area contributed by atoms with Crippen LogP contribution < -0.4 is 10.1 Å². The molecule has 1 N–H and O–H groups in total. The van der Waals surface area contributed by atoms with Crippen LogP contribution >= 0.6 is 11.6 Å². The van der Waals surface area contributed by atoms with Crippen molar-refractivity contribution in [1.82, 2.24) is 0 Å². The normalized spacial score (nSPS) is 11.2. The summed E-state index contributed by atoms with van der Waals surface area (Å²) in [5.41, 5.74) is -0.872. The minimum atomic E-state index is -4.72. The number of alkyl halides is 3. The van der Waals surface area contributed by atoms with E-state index in [0.717, 1.165) is 6.07 Å². The number of aryl methyl sites for hydroxylation is 2. The Morgan fingerprint density at radius 3 is 2.52 bits per heavy atom. The molecule has 0 atom stereocenters. The van der Waals surface area contributed by atoms with Crippen LogP contribution in [0.25, 0.3) is 0 Å². The number of nitrogens with zero attached hydrogens (tertiary/aromatic N) is 1. The molecular formula is C17H14ClF3N2O4. The lowest BCUT2D eigenvalue weighted by Gasteiger charge is -2.15. The van der Waals surface area contributed by atoms with Crippen molar-refractivity contribution in [3.63, 3.8) is 0 Å². The molecule has 1 amide bonds. The van der Waals surface area contributed by atoms with Gasteiger partial charge in [-0.15, -0.1) is 0 Å². The monoisotopic (exact) mass is 402 g/mol. The number of rotatable bonds is 5. The predicted molar refractivity (Wildman–Crippen MR) is 93.1 cm³/mol. The molecule has 0 saturated carbocycles. The number of amides is 1. The van der Waals surface area contributed by atoms with E-state index in [9.17, 15) is 28.1 Å². The van der Waals surface area contributed by atoms with Gasteiger partial charge in [-0.2, -0.15) is 13.2 Å². The maximum atomic E-state index is 13.0. The van der Waals surface area contributed by atoms with Gasteiger partial charge in [0.1, 0.15) is 0 Å². The van der Waals surface area contributed by atoms with Crippen LogP contribution in [0.2, 0.25) is 5.02 Å². The van der Waals surface area contributed by atoms with Gasteiger partial charge >= 0.3 is 11.9 Å². The zero-order valence-corrected chi connectivity index (χ0v) is 14.9. The molecule has 144 valence electrons. The van der Waals surface area contributed by atoms with Crippen molar-refractivity contribution in [2.75, 3.05) is 11.9 Å². The van der Waals surface area contributed by atoms with E-state index in [0.29, 0.717) is 17.2 Å². The average molecular weight is 403 g/mol. The zero-order valence-electron chi connectivity index (χ0n) is 14.2. The van der Waals surface area contributed by atoms with E-state index in [1.165, 1.54) is 12.1 Å². The molecule has 2 rings (SSSR count). The molecule has 0 bridgehead atoms. The number of hydrogen-bond acceptors (Lipinski definition) is 4. The highest BCUT2D eigenvalue weighted by Crippen LogP contribution is 2.36. The third-order valence-electron chi connectivity index (χ3n) is 3.50. The molecule has 0 fully saturated rings. The molecule has 0 unspecified atom stereocenters. The highest BCUT2D eigenvalue weighted by atomic mass is 35.5. The van der Waals surface area contributed by atoms with E-state index >= 15 is 0 Å². The molecule has 0 aromatic heterocycles. The Hall–Kier alpha value is -2.81. The number of carbonyl (C=O) groups is 1. The van der Waals surface area contributed by atoms with Crippen LogP contribution in [0.4, 0.5) is 24.5 Å². The topological polar surface area (TPSA) is 81.5 Å².